The molecule has 1 aromatic rings. The van der Waals surface area contributed by atoms with E-state index in [1.54, 1.807) is 31.4 Å². The minimum atomic E-state index is -0.349. The molecule has 2 rings (SSSR count). The third-order valence-corrected chi connectivity index (χ3v) is 3.33. The van der Waals surface area contributed by atoms with E-state index in [1.165, 1.54) is 4.90 Å². The van der Waals surface area contributed by atoms with E-state index >= 15 is 0 Å². The minimum absolute atomic E-state index is 0.0786. The molecule has 0 amide bonds. The third-order valence-electron chi connectivity index (χ3n) is 3.33. The molecule has 6 nitrogen and oxygen atoms in total. The topological polar surface area (TPSA) is 58.4 Å². The van der Waals surface area contributed by atoms with Gasteiger partial charge in [-0.05, 0) is 24.3 Å². The predicted octanol–water partition coefficient (Wildman–Crippen LogP) is -0.468. The van der Waals surface area contributed by atoms with Gasteiger partial charge in [0.05, 0.1) is 20.3 Å². The maximum atomic E-state index is 11.6. The fourth-order valence-corrected chi connectivity index (χ4v) is 2.08. The van der Waals surface area contributed by atoms with Crippen molar-refractivity contribution in [3.05, 3.63) is 24.3 Å². The SMILES string of the molecule is COc1ccc(OCC(=O)OCC[NH+]2CCOCC2)cc1. The highest BCUT2D eigenvalue weighted by Gasteiger charge is 2.14. The summed E-state index contributed by atoms with van der Waals surface area (Å²) in [5.41, 5.74) is 0. The van der Waals surface area contributed by atoms with Gasteiger partial charge < -0.3 is 23.8 Å². The summed E-state index contributed by atoms with van der Waals surface area (Å²) >= 11 is 0. The number of morpholine rings is 1. The molecule has 0 unspecified atom stereocenters. The third kappa shape index (κ3) is 5.61. The number of esters is 1. The molecule has 6 heteroatoms. The molecular formula is C15H22NO5+. The van der Waals surface area contributed by atoms with Crippen LogP contribution in [-0.2, 0) is 14.3 Å². The Hall–Kier alpha value is -1.79. The molecule has 0 radical (unpaired) electrons. The minimum Gasteiger partial charge on any atom is -0.497 e. The Labute approximate surface area is 124 Å². The summed E-state index contributed by atoms with van der Waals surface area (Å²) in [6, 6.07) is 7.07. The van der Waals surface area contributed by atoms with Gasteiger partial charge in [0.2, 0.25) is 0 Å². The maximum Gasteiger partial charge on any atom is 0.344 e. The summed E-state index contributed by atoms with van der Waals surface area (Å²) in [7, 11) is 1.60. The molecule has 1 saturated heterocycles. The number of benzene rings is 1. The molecule has 1 aliphatic heterocycles. The molecule has 1 aliphatic rings. The zero-order valence-electron chi connectivity index (χ0n) is 12.3. The zero-order valence-corrected chi connectivity index (χ0v) is 12.3. The molecule has 1 heterocycles. The highest BCUT2D eigenvalue weighted by Crippen LogP contribution is 2.16. The van der Waals surface area contributed by atoms with Gasteiger partial charge in [-0.25, -0.2) is 4.79 Å². The van der Waals surface area contributed by atoms with Gasteiger partial charge >= 0.3 is 5.97 Å². The molecule has 0 saturated carbocycles. The Kier molecular flexibility index (Phi) is 6.30. The highest BCUT2D eigenvalue weighted by molar-refractivity contribution is 5.71. The van der Waals surface area contributed by atoms with Crippen molar-refractivity contribution in [1.29, 1.82) is 0 Å². The van der Waals surface area contributed by atoms with Gasteiger partial charge in [-0.2, -0.15) is 0 Å². The van der Waals surface area contributed by atoms with Crippen molar-refractivity contribution in [2.24, 2.45) is 0 Å². The Bertz CT molecular complexity index is 428. The lowest BCUT2D eigenvalue weighted by atomic mass is 10.3. The fourth-order valence-electron chi connectivity index (χ4n) is 2.08. The van der Waals surface area contributed by atoms with Crippen LogP contribution in [0.3, 0.4) is 0 Å². The summed E-state index contributed by atoms with van der Waals surface area (Å²) in [6.45, 7) is 4.66. The lowest BCUT2D eigenvalue weighted by Gasteiger charge is -2.23. The second-order valence-electron chi connectivity index (χ2n) is 4.80. The number of hydrogen-bond acceptors (Lipinski definition) is 5. The molecule has 0 aromatic heterocycles. The van der Waals surface area contributed by atoms with Gasteiger partial charge in [0.15, 0.2) is 6.61 Å². The first kappa shape index (κ1) is 15.6. The van der Waals surface area contributed by atoms with Crippen molar-refractivity contribution < 1.29 is 28.6 Å². The van der Waals surface area contributed by atoms with Crippen molar-refractivity contribution in [1.82, 2.24) is 0 Å². The molecule has 0 spiro atoms. The number of hydrogen-bond donors (Lipinski definition) is 1. The first-order valence-electron chi connectivity index (χ1n) is 7.12. The number of quaternary nitrogens is 1. The molecule has 0 atom stereocenters. The van der Waals surface area contributed by atoms with Crippen LogP contribution in [0.2, 0.25) is 0 Å². The van der Waals surface area contributed by atoms with Crippen LogP contribution >= 0.6 is 0 Å². The fraction of sp³-hybridized carbons (Fsp3) is 0.533. The molecular weight excluding hydrogens is 274 g/mol. The normalized spacial score (nSPS) is 15.5. The summed E-state index contributed by atoms with van der Waals surface area (Å²) in [4.78, 5) is 13.0. The second-order valence-corrected chi connectivity index (χ2v) is 4.80. The largest absolute Gasteiger partial charge is 0.497 e. The van der Waals surface area contributed by atoms with E-state index in [0.717, 1.165) is 38.6 Å². The van der Waals surface area contributed by atoms with Crippen LogP contribution in [0, 0.1) is 0 Å². The van der Waals surface area contributed by atoms with E-state index in [4.69, 9.17) is 18.9 Å². The van der Waals surface area contributed by atoms with Crippen molar-refractivity contribution in [3.8, 4) is 11.5 Å². The molecule has 21 heavy (non-hydrogen) atoms. The Balaban J connectivity index is 1.60. The lowest BCUT2D eigenvalue weighted by Crippen LogP contribution is -3.14. The number of methoxy groups -OCH3 is 1. The van der Waals surface area contributed by atoms with Gasteiger partial charge in [0, 0.05) is 0 Å². The lowest BCUT2D eigenvalue weighted by molar-refractivity contribution is -0.908. The van der Waals surface area contributed by atoms with Crippen molar-refractivity contribution in [2.75, 3.05) is 53.2 Å². The van der Waals surface area contributed by atoms with E-state index in [9.17, 15) is 4.79 Å². The van der Waals surface area contributed by atoms with E-state index < -0.39 is 0 Å². The number of carbonyl (C=O) groups excluding carboxylic acids is 1. The smallest absolute Gasteiger partial charge is 0.344 e. The van der Waals surface area contributed by atoms with Crippen LogP contribution in [0.25, 0.3) is 0 Å². The van der Waals surface area contributed by atoms with Gasteiger partial charge in [0.1, 0.15) is 37.7 Å². The standard InChI is InChI=1S/C15H21NO5/c1-18-13-2-4-14(5-3-13)21-12-15(17)20-11-8-16-6-9-19-10-7-16/h2-5H,6-12H2,1H3/p+1. The zero-order chi connectivity index (χ0) is 14.9. The van der Waals surface area contributed by atoms with Crippen LogP contribution in [0.15, 0.2) is 24.3 Å². The summed E-state index contributed by atoms with van der Waals surface area (Å²) in [6.07, 6.45) is 0. The Morgan fingerprint density at radius 2 is 1.86 bits per heavy atom. The van der Waals surface area contributed by atoms with Crippen molar-refractivity contribution in [3.63, 3.8) is 0 Å². The second kappa shape index (κ2) is 8.49. The average molecular weight is 296 g/mol. The van der Waals surface area contributed by atoms with Gasteiger partial charge in [-0.3, -0.25) is 0 Å². The van der Waals surface area contributed by atoms with Gasteiger partial charge in [-0.15, -0.1) is 0 Å². The van der Waals surface area contributed by atoms with Crippen molar-refractivity contribution in [2.45, 2.75) is 0 Å². The molecule has 1 fully saturated rings. The first-order valence-corrected chi connectivity index (χ1v) is 7.12. The van der Waals surface area contributed by atoms with Gasteiger partial charge in [0.25, 0.3) is 0 Å². The molecule has 0 bridgehead atoms. The molecule has 1 aromatic carbocycles. The van der Waals surface area contributed by atoms with E-state index in [1.807, 2.05) is 0 Å². The molecule has 116 valence electrons. The number of rotatable bonds is 7. The monoisotopic (exact) mass is 296 g/mol. The van der Waals surface area contributed by atoms with Crippen LogP contribution in [0.5, 0.6) is 11.5 Å². The maximum absolute atomic E-state index is 11.6. The summed E-state index contributed by atoms with van der Waals surface area (Å²) in [5.74, 6) is 1.02. The van der Waals surface area contributed by atoms with E-state index in [-0.39, 0.29) is 12.6 Å². The Morgan fingerprint density at radius 3 is 2.52 bits per heavy atom. The average Bonchev–Trinajstić information content (AvgIpc) is 2.54. The number of carbonyl (C=O) groups is 1. The van der Waals surface area contributed by atoms with Crippen LogP contribution < -0.4 is 14.4 Å². The molecule has 0 aliphatic carbocycles. The number of nitrogens with one attached hydrogen (secondary N) is 1. The summed E-state index contributed by atoms with van der Waals surface area (Å²) in [5, 5.41) is 0. The summed E-state index contributed by atoms with van der Waals surface area (Å²) < 4.78 is 20.8. The van der Waals surface area contributed by atoms with Crippen molar-refractivity contribution >= 4 is 5.97 Å². The quantitative estimate of drug-likeness (QED) is 0.690. The predicted molar refractivity (Wildman–Crippen MR) is 75.8 cm³/mol. The van der Waals surface area contributed by atoms with Crippen LogP contribution in [-0.4, -0.2) is 59.1 Å². The van der Waals surface area contributed by atoms with E-state index in [0.29, 0.717) is 12.4 Å². The number of ether oxygens (including phenoxy) is 4. The van der Waals surface area contributed by atoms with E-state index in [2.05, 4.69) is 0 Å². The first-order chi connectivity index (χ1) is 10.3. The highest BCUT2D eigenvalue weighted by atomic mass is 16.6. The van der Waals surface area contributed by atoms with Crippen LogP contribution in [0.1, 0.15) is 0 Å². The van der Waals surface area contributed by atoms with Gasteiger partial charge in [-0.1, -0.05) is 0 Å². The van der Waals surface area contributed by atoms with Crippen LogP contribution in [0.4, 0.5) is 0 Å². The molecule has 1 N–H and O–H groups in total. The Morgan fingerprint density at radius 1 is 1.19 bits per heavy atom.